The molecule has 0 aromatic carbocycles. The molecule has 22 heavy (non-hydrogen) atoms. The van der Waals surface area contributed by atoms with Crippen LogP contribution in [0.4, 0.5) is 4.79 Å². The molecule has 0 spiro atoms. The van der Waals surface area contributed by atoms with Crippen molar-refractivity contribution in [1.29, 1.82) is 0 Å². The van der Waals surface area contributed by atoms with Gasteiger partial charge in [0, 0.05) is 6.04 Å². The predicted octanol–water partition coefficient (Wildman–Crippen LogP) is 1.98. The third kappa shape index (κ3) is 3.07. The number of carbonyl (C=O) groups is 1. The Labute approximate surface area is 133 Å². The zero-order valence-electron chi connectivity index (χ0n) is 13.1. The van der Waals surface area contributed by atoms with E-state index in [2.05, 4.69) is 27.3 Å². The summed E-state index contributed by atoms with van der Waals surface area (Å²) in [6.07, 6.45) is 2.81. The molecule has 2 aromatic heterocycles. The normalized spacial score (nSPS) is 18.5. The van der Waals surface area contributed by atoms with E-state index in [4.69, 9.17) is 4.74 Å². The van der Waals surface area contributed by atoms with Crippen molar-refractivity contribution in [3.05, 3.63) is 16.9 Å². The number of amides is 1. The summed E-state index contributed by atoms with van der Waals surface area (Å²) in [7, 11) is 2.10. The van der Waals surface area contributed by atoms with E-state index in [0.717, 1.165) is 41.5 Å². The summed E-state index contributed by atoms with van der Waals surface area (Å²) < 4.78 is 7.30. The fourth-order valence-electron chi connectivity index (χ4n) is 2.75. The Morgan fingerprint density at radius 1 is 1.50 bits per heavy atom. The van der Waals surface area contributed by atoms with E-state index < -0.39 is 0 Å². The molecule has 1 aliphatic heterocycles. The number of piperidine rings is 1. The number of nitrogens with one attached hydrogen (secondary N) is 1. The van der Waals surface area contributed by atoms with E-state index in [1.54, 1.807) is 4.52 Å². The topological polar surface area (TPSA) is 71.8 Å². The van der Waals surface area contributed by atoms with Crippen LogP contribution in [0.15, 0.2) is 6.33 Å². The molecule has 7 nitrogen and oxygen atoms in total. The second-order valence-electron chi connectivity index (χ2n) is 5.78. The summed E-state index contributed by atoms with van der Waals surface area (Å²) in [6.45, 7) is 5.86. The molecule has 1 fully saturated rings. The Morgan fingerprint density at radius 2 is 2.23 bits per heavy atom. The van der Waals surface area contributed by atoms with Gasteiger partial charge in [0.05, 0.1) is 10.6 Å². The van der Waals surface area contributed by atoms with Gasteiger partial charge in [-0.25, -0.2) is 14.3 Å². The van der Waals surface area contributed by atoms with Crippen LogP contribution >= 0.6 is 11.3 Å². The van der Waals surface area contributed by atoms with Crippen LogP contribution in [0.25, 0.3) is 4.96 Å². The number of hydrogen-bond donors (Lipinski definition) is 1. The van der Waals surface area contributed by atoms with Gasteiger partial charge in [-0.15, -0.1) is 0 Å². The molecular weight excluding hydrogens is 302 g/mol. The van der Waals surface area contributed by atoms with Crippen molar-refractivity contribution in [3.63, 3.8) is 0 Å². The third-order valence-electron chi connectivity index (χ3n) is 4.09. The fourth-order valence-corrected chi connectivity index (χ4v) is 3.77. The monoisotopic (exact) mass is 323 g/mol. The highest BCUT2D eigenvalue weighted by atomic mass is 32.1. The Bertz CT molecular complexity index is 659. The van der Waals surface area contributed by atoms with Crippen molar-refractivity contribution in [2.24, 2.45) is 0 Å². The Morgan fingerprint density at radius 3 is 2.91 bits per heavy atom. The molecule has 120 valence electrons. The van der Waals surface area contributed by atoms with Gasteiger partial charge in [0.25, 0.3) is 0 Å². The van der Waals surface area contributed by atoms with Gasteiger partial charge in [-0.1, -0.05) is 11.3 Å². The van der Waals surface area contributed by atoms with Gasteiger partial charge in [-0.05, 0) is 46.8 Å². The van der Waals surface area contributed by atoms with Crippen molar-refractivity contribution in [2.45, 2.75) is 38.8 Å². The van der Waals surface area contributed by atoms with E-state index >= 15 is 0 Å². The molecule has 0 radical (unpaired) electrons. The van der Waals surface area contributed by atoms with Gasteiger partial charge in [-0.3, -0.25) is 0 Å². The number of rotatable bonds is 3. The van der Waals surface area contributed by atoms with E-state index in [1.807, 2.05) is 13.8 Å². The van der Waals surface area contributed by atoms with Gasteiger partial charge in [0.15, 0.2) is 0 Å². The van der Waals surface area contributed by atoms with Crippen LogP contribution in [-0.2, 0) is 4.74 Å². The maximum atomic E-state index is 12.1. The van der Waals surface area contributed by atoms with E-state index in [1.165, 1.54) is 17.7 Å². The zero-order valence-corrected chi connectivity index (χ0v) is 13.9. The van der Waals surface area contributed by atoms with Crippen molar-refractivity contribution < 1.29 is 9.53 Å². The standard InChI is InChI=1S/C14H21N5O2S/c1-9-12(22-13-15-8-16-19(9)13)10(2)21-14(20)17-11-4-6-18(3)7-5-11/h8,10-11H,4-7H2,1-3H3,(H,17,20). The van der Waals surface area contributed by atoms with Gasteiger partial charge in [0.2, 0.25) is 4.96 Å². The van der Waals surface area contributed by atoms with Crippen molar-refractivity contribution >= 4 is 22.4 Å². The average Bonchev–Trinajstić information content (AvgIpc) is 3.05. The smallest absolute Gasteiger partial charge is 0.407 e. The average molecular weight is 323 g/mol. The minimum Gasteiger partial charge on any atom is -0.441 e. The van der Waals surface area contributed by atoms with E-state index in [-0.39, 0.29) is 18.2 Å². The van der Waals surface area contributed by atoms with E-state index in [0.29, 0.717) is 0 Å². The molecule has 1 saturated heterocycles. The van der Waals surface area contributed by atoms with Crippen LogP contribution < -0.4 is 5.32 Å². The lowest BCUT2D eigenvalue weighted by atomic mass is 10.1. The zero-order chi connectivity index (χ0) is 15.7. The molecule has 8 heteroatoms. The molecule has 3 heterocycles. The SMILES string of the molecule is Cc1c(C(C)OC(=O)NC2CCN(C)CC2)sc2ncnn12. The summed E-state index contributed by atoms with van der Waals surface area (Å²) in [4.78, 5) is 20.3. The lowest BCUT2D eigenvalue weighted by Crippen LogP contribution is -2.43. The first-order chi connectivity index (χ1) is 10.5. The van der Waals surface area contributed by atoms with Crippen LogP contribution in [0.1, 0.15) is 36.4 Å². The number of alkyl carbamates (subject to hydrolysis) is 1. The van der Waals surface area contributed by atoms with E-state index in [9.17, 15) is 4.79 Å². The quantitative estimate of drug-likeness (QED) is 0.935. The third-order valence-corrected chi connectivity index (χ3v) is 5.39. The number of likely N-dealkylation sites (tertiary alicyclic amines) is 1. The first-order valence-corrected chi connectivity index (χ1v) is 8.31. The second-order valence-corrected chi connectivity index (χ2v) is 6.78. The summed E-state index contributed by atoms with van der Waals surface area (Å²) >= 11 is 1.50. The Balaban J connectivity index is 1.58. The lowest BCUT2D eigenvalue weighted by molar-refractivity contribution is 0.100. The maximum absolute atomic E-state index is 12.1. The Hall–Kier alpha value is -1.67. The number of fused-ring (bicyclic) bond motifs is 1. The van der Waals surface area contributed by atoms with Gasteiger partial charge in [0.1, 0.15) is 12.4 Å². The molecule has 1 N–H and O–H groups in total. The summed E-state index contributed by atoms with van der Waals surface area (Å²) in [6, 6.07) is 0.208. The van der Waals surface area contributed by atoms with Crippen molar-refractivity contribution in [3.8, 4) is 0 Å². The number of aryl methyl sites for hydroxylation is 1. The predicted molar refractivity (Wildman–Crippen MR) is 84.2 cm³/mol. The number of thiazole rings is 1. The Kier molecular flexibility index (Phi) is 4.30. The molecule has 0 saturated carbocycles. The fraction of sp³-hybridized carbons (Fsp3) is 0.643. The highest BCUT2D eigenvalue weighted by Crippen LogP contribution is 2.29. The van der Waals surface area contributed by atoms with Gasteiger partial charge in [-0.2, -0.15) is 5.10 Å². The number of carbonyl (C=O) groups excluding carboxylic acids is 1. The van der Waals surface area contributed by atoms with Gasteiger partial charge >= 0.3 is 6.09 Å². The summed E-state index contributed by atoms with van der Waals surface area (Å²) in [5.41, 5.74) is 0.970. The minimum absolute atomic E-state index is 0.208. The van der Waals surface area contributed by atoms with Gasteiger partial charge < -0.3 is 15.0 Å². The number of hydrogen-bond acceptors (Lipinski definition) is 6. The molecule has 1 unspecified atom stereocenters. The van der Waals surface area contributed by atoms with Crippen LogP contribution in [-0.4, -0.2) is 51.8 Å². The largest absolute Gasteiger partial charge is 0.441 e. The molecule has 2 aromatic rings. The molecule has 0 aliphatic carbocycles. The summed E-state index contributed by atoms with van der Waals surface area (Å²) in [5, 5.41) is 7.12. The lowest BCUT2D eigenvalue weighted by Gasteiger charge is -2.29. The number of ether oxygens (including phenoxy) is 1. The number of aromatic nitrogens is 3. The van der Waals surface area contributed by atoms with Crippen LogP contribution in [0, 0.1) is 6.92 Å². The van der Waals surface area contributed by atoms with Crippen LogP contribution in [0.5, 0.6) is 0 Å². The first-order valence-electron chi connectivity index (χ1n) is 7.49. The highest BCUT2D eigenvalue weighted by molar-refractivity contribution is 7.17. The van der Waals surface area contributed by atoms with Crippen molar-refractivity contribution in [1.82, 2.24) is 24.8 Å². The second kappa shape index (κ2) is 6.21. The molecule has 3 rings (SSSR count). The van der Waals surface area contributed by atoms with Crippen LogP contribution in [0.2, 0.25) is 0 Å². The molecule has 1 amide bonds. The van der Waals surface area contributed by atoms with Crippen LogP contribution in [0.3, 0.4) is 0 Å². The highest BCUT2D eigenvalue weighted by Gasteiger charge is 2.22. The molecule has 1 aliphatic rings. The summed E-state index contributed by atoms with van der Waals surface area (Å²) in [5.74, 6) is 0. The van der Waals surface area contributed by atoms with Crippen molar-refractivity contribution in [2.75, 3.05) is 20.1 Å². The molecular formula is C14H21N5O2S. The molecule has 1 atom stereocenters. The molecule has 0 bridgehead atoms. The maximum Gasteiger partial charge on any atom is 0.407 e. The first kappa shape index (κ1) is 15.2. The minimum atomic E-state index is -0.347. The number of nitrogens with zero attached hydrogens (tertiary/aromatic N) is 4.